The molecule has 0 spiro atoms. The lowest BCUT2D eigenvalue weighted by molar-refractivity contribution is -0.0331. The molecule has 14 heavy (non-hydrogen) atoms. The van der Waals surface area contributed by atoms with Gasteiger partial charge in [0.05, 0.1) is 18.8 Å². The third kappa shape index (κ3) is 3.83. The van der Waals surface area contributed by atoms with Crippen LogP contribution in [0.5, 0.6) is 0 Å². The zero-order chi connectivity index (χ0) is 10.4. The second kappa shape index (κ2) is 5.05. The number of rotatable bonds is 5. The number of nitrogens with two attached hydrogens (primary N) is 1. The van der Waals surface area contributed by atoms with E-state index in [1.807, 2.05) is 12.1 Å². The minimum atomic E-state index is -0.942. The Labute approximate surface area is 83.7 Å². The summed E-state index contributed by atoms with van der Waals surface area (Å²) in [6.45, 7) is 2.53. The quantitative estimate of drug-likeness (QED) is 0.711. The van der Waals surface area contributed by atoms with Crippen molar-refractivity contribution >= 4 is 0 Å². The topological polar surface area (TPSA) is 68.4 Å². The molecule has 0 aromatic carbocycles. The number of pyridine rings is 1. The molecule has 1 aromatic rings. The Morgan fingerprint density at radius 2 is 2.43 bits per heavy atom. The van der Waals surface area contributed by atoms with Gasteiger partial charge in [-0.05, 0) is 18.6 Å². The van der Waals surface area contributed by atoms with Crippen LogP contribution >= 0.6 is 0 Å². The van der Waals surface area contributed by atoms with Crippen LogP contribution < -0.4 is 5.73 Å². The zero-order valence-electron chi connectivity index (χ0n) is 8.31. The van der Waals surface area contributed by atoms with E-state index < -0.39 is 5.60 Å². The molecule has 1 aromatic heterocycles. The first-order valence-corrected chi connectivity index (χ1v) is 4.53. The summed E-state index contributed by atoms with van der Waals surface area (Å²) in [6.07, 6.45) is 3.44. The molecule has 0 radical (unpaired) electrons. The smallest absolute Gasteiger partial charge is 0.0973 e. The number of nitrogens with zero attached hydrogens (tertiary/aromatic N) is 1. The van der Waals surface area contributed by atoms with Crippen molar-refractivity contribution < 1.29 is 9.84 Å². The molecule has 1 rings (SSSR count). The van der Waals surface area contributed by atoms with E-state index in [-0.39, 0.29) is 13.2 Å². The normalized spacial score (nSPS) is 15.1. The first kappa shape index (κ1) is 11.1. The highest BCUT2D eigenvalue weighted by Gasteiger charge is 2.17. The van der Waals surface area contributed by atoms with Gasteiger partial charge in [0.25, 0.3) is 0 Å². The molecule has 0 aliphatic carbocycles. The third-order valence-electron chi connectivity index (χ3n) is 1.84. The first-order chi connectivity index (χ1) is 6.64. The molecule has 0 fully saturated rings. The predicted octanol–water partition coefficient (Wildman–Crippen LogP) is 0.308. The van der Waals surface area contributed by atoms with Gasteiger partial charge in [-0.1, -0.05) is 6.07 Å². The van der Waals surface area contributed by atoms with Gasteiger partial charge in [0.15, 0.2) is 0 Å². The molecule has 1 atom stereocenters. The number of aromatic nitrogens is 1. The van der Waals surface area contributed by atoms with Gasteiger partial charge in [0.2, 0.25) is 0 Å². The number of ether oxygens (including phenoxy) is 1. The van der Waals surface area contributed by atoms with Crippen LogP contribution in [0.25, 0.3) is 0 Å². The molecule has 1 heterocycles. The average molecular weight is 196 g/mol. The van der Waals surface area contributed by atoms with Gasteiger partial charge in [0.1, 0.15) is 0 Å². The molecular weight excluding hydrogens is 180 g/mol. The van der Waals surface area contributed by atoms with E-state index in [4.69, 9.17) is 10.5 Å². The largest absolute Gasteiger partial charge is 0.386 e. The minimum Gasteiger partial charge on any atom is -0.386 e. The molecule has 0 aliphatic rings. The van der Waals surface area contributed by atoms with Gasteiger partial charge in [0, 0.05) is 18.9 Å². The van der Waals surface area contributed by atoms with Crippen LogP contribution in [-0.4, -0.2) is 28.8 Å². The number of hydrogen-bond acceptors (Lipinski definition) is 4. The molecule has 1 unspecified atom stereocenters. The van der Waals surface area contributed by atoms with E-state index in [0.29, 0.717) is 6.61 Å². The second-order valence-electron chi connectivity index (χ2n) is 3.56. The molecule has 4 heteroatoms. The summed E-state index contributed by atoms with van der Waals surface area (Å²) in [4.78, 5) is 3.95. The van der Waals surface area contributed by atoms with Crippen molar-refractivity contribution in [3.05, 3.63) is 30.1 Å². The minimum absolute atomic E-state index is 0.194. The predicted molar refractivity (Wildman–Crippen MR) is 53.6 cm³/mol. The summed E-state index contributed by atoms with van der Waals surface area (Å²) in [5, 5.41) is 9.54. The molecule has 78 valence electrons. The van der Waals surface area contributed by atoms with Crippen molar-refractivity contribution in [3.8, 4) is 0 Å². The Hall–Kier alpha value is -0.970. The maximum absolute atomic E-state index is 9.54. The summed E-state index contributed by atoms with van der Waals surface area (Å²) in [7, 11) is 0. The summed E-state index contributed by atoms with van der Waals surface area (Å²) < 4.78 is 5.31. The Bertz CT molecular complexity index is 262. The van der Waals surface area contributed by atoms with Crippen LogP contribution in [0.2, 0.25) is 0 Å². The van der Waals surface area contributed by atoms with E-state index in [2.05, 4.69) is 4.98 Å². The van der Waals surface area contributed by atoms with Crippen LogP contribution in [0.3, 0.4) is 0 Å². The molecular formula is C10H16N2O2. The van der Waals surface area contributed by atoms with Crippen molar-refractivity contribution in [2.45, 2.75) is 19.1 Å². The fourth-order valence-electron chi connectivity index (χ4n) is 0.931. The van der Waals surface area contributed by atoms with Crippen molar-refractivity contribution in [1.29, 1.82) is 0 Å². The Kier molecular flexibility index (Phi) is 4.00. The highest BCUT2D eigenvalue weighted by atomic mass is 16.5. The SMILES string of the molecule is CC(O)(CN)COCc1cccnc1. The van der Waals surface area contributed by atoms with Crippen molar-refractivity contribution in [2.75, 3.05) is 13.2 Å². The van der Waals surface area contributed by atoms with Gasteiger partial charge >= 0.3 is 0 Å². The van der Waals surface area contributed by atoms with Crippen LogP contribution in [0.15, 0.2) is 24.5 Å². The standard InChI is InChI=1S/C10H16N2O2/c1-10(13,7-11)8-14-6-9-3-2-4-12-5-9/h2-5,13H,6-8,11H2,1H3. The monoisotopic (exact) mass is 196 g/mol. The van der Waals surface area contributed by atoms with E-state index in [9.17, 15) is 5.11 Å². The first-order valence-electron chi connectivity index (χ1n) is 4.53. The second-order valence-corrected chi connectivity index (χ2v) is 3.56. The van der Waals surface area contributed by atoms with Crippen LogP contribution in [0.4, 0.5) is 0 Å². The molecule has 4 nitrogen and oxygen atoms in total. The van der Waals surface area contributed by atoms with Crippen molar-refractivity contribution in [2.24, 2.45) is 5.73 Å². The maximum atomic E-state index is 9.54. The fourth-order valence-corrected chi connectivity index (χ4v) is 0.931. The van der Waals surface area contributed by atoms with Gasteiger partial charge < -0.3 is 15.6 Å². The highest BCUT2D eigenvalue weighted by Crippen LogP contribution is 2.04. The van der Waals surface area contributed by atoms with Gasteiger partial charge in [-0.3, -0.25) is 4.98 Å². The summed E-state index contributed by atoms with van der Waals surface area (Å²) in [6, 6.07) is 3.77. The number of aliphatic hydroxyl groups is 1. The van der Waals surface area contributed by atoms with Crippen LogP contribution in [0, 0.1) is 0 Å². The lowest BCUT2D eigenvalue weighted by atomic mass is 10.1. The number of hydrogen-bond donors (Lipinski definition) is 2. The van der Waals surface area contributed by atoms with E-state index in [1.165, 1.54) is 0 Å². The van der Waals surface area contributed by atoms with Crippen LogP contribution in [0.1, 0.15) is 12.5 Å². The summed E-state index contributed by atoms with van der Waals surface area (Å²) in [5.41, 5.74) is 5.39. The highest BCUT2D eigenvalue weighted by molar-refractivity contribution is 5.06. The molecule has 0 amide bonds. The van der Waals surface area contributed by atoms with Crippen LogP contribution in [-0.2, 0) is 11.3 Å². The summed E-state index contributed by atoms with van der Waals surface area (Å²) in [5.74, 6) is 0. The Morgan fingerprint density at radius 1 is 1.64 bits per heavy atom. The zero-order valence-corrected chi connectivity index (χ0v) is 8.31. The van der Waals surface area contributed by atoms with Gasteiger partial charge in [-0.15, -0.1) is 0 Å². The lowest BCUT2D eigenvalue weighted by Gasteiger charge is -2.20. The Morgan fingerprint density at radius 3 is 3.00 bits per heavy atom. The molecule has 0 saturated heterocycles. The average Bonchev–Trinajstić information content (AvgIpc) is 2.19. The van der Waals surface area contributed by atoms with E-state index in [0.717, 1.165) is 5.56 Å². The lowest BCUT2D eigenvalue weighted by Crippen LogP contribution is -2.38. The van der Waals surface area contributed by atoms with Gasteiger partial charge in [-0.25, -0.2) is 0 Å². The molecule has 0 saturated carbocycles. The molecule has 0 aliphatic heterocycles. The van der Waals surface area contributed by atoms with E-state index in [1.54, 1.807) is 19.3 Å². The Balaban J connectivity index is 2.29. The third-order valence-corrected chi connectivity index (χ3v) is 1.84. The van der Waals surface area contributed by atoms with E-state index >= 15 is 0 Å². The maximum Gasteiger partial charge on any atom is 0.0973 e. The summed E-state index contributed by atoms with van der Waals surface area (Å²) >= 11 is 0. The van der Waals surface area contributed by atoms with Crippen molar-refractivity contribution in [3.63, 3.8) is 0 Å². The fraction of sp³-hybridized carbons (Fsp3) is 0.500. The van der Waals surface area contributed by atoms with Crippen molar-refractivity contribution in [1.82, 2.24) is 4.98 Å². The molecule has 3 N–H and O–H groups in total. The van der Waals surface area contributed by atoms with Gasteiger partial charge in [-0.2, -0.15) is 0 Å². The molecule has 0 bridgehead atoms.